The van der Waals surface area contributed by atoms with E-state index in [0.717, 1.165) is 30.6 Å². The topological polar surface area (TPSA) is 33.1 Å². The highest BCUT2D eigenvalue weighted by molar-refractivity contribution is 6.06. The van der Waals surface area contributed by atoms with Crippen molar-refractivity contribution in [2.75, 3.05) is 6.61 Å². The summed E-state index contributed by atoms with van der Waals surface area (Å²) in [6.07, 6.45) is 8.67. The monoisotopic (exact) mass is 243 g/mol. The van der Waals surface area contributed by atoms with Crippen molar-refractivity contribution in [3.63, 3.8) is 0 Å². The van der Waals surface area contributed by atoms with Gasteiger partial charge in [-0.2, -0.15) is 0 Å². The highest BCUT2D eigenvalue weighted by Crippen LogP contribution is 2.14. The fourth-order valence-electron chi connectivity index (χ4n) is 1.48. The fraction of sp³-hybridized carbons (Fsp3) is 0.312. The summed E-state index contributed by atoms with van der Waals surface area (Å²) in [5.41, 5.74) is 1.41. The third-order valence-corrected chi connectivity index (χ3v) is 2.48. The first-order valence-electron chi connectivity index (χ1n) is 6.37. The van der Waals surface area contributed by atoms with Crippen molar-refractivity contribution in [3.8, 4) is 5.75 Å². The van der Waals surface area contributed by atoms with E-state index >= 15 is 0 Å². The molecule has 1 aromatic carbocycles. The molecule has 1 N–H and O–H groups in total. The molecule has 2 nitrogen and oxygen atoms in total. The number of rotatable bonds is 8. The summed E-state index contributed by atoms with van der Waals surface area (Å²) in [5.74, 6) is 0.808. The highest BCUT2D eigenvalue weighted by Gasteiger charge is 1.99. The Kier molecular flexibility index (Phi) is 6.55. The van der Waals surface area contributed by atoms with Gasteiger partial charge in [0.25, 0.3) is 0 Å². The SMILES string of the molecule is C=CCCOc1cccc(C(=N)/C=C\CCC)c1. The van der Waals surface area contributed by atoms with Gasteiger partial charge >= 0.3 is 0 Å². The molecule has 0 spiro atoms. The number of unbranched alkanes of at least 4 members (excludes halogenated alkanes) is 1. The van der Waals surface area contributed by atoms with Crippen molar-refractivity contribution >= 4 is 5.71 Å². The summed E-state index contributed by atoms with van der Waals surface area (Å²) >= 11 is 0. The zero-order valence-corrected chi connectivity index (χ0v) is 11.0. The maximum Gasteiger partial charge on any atom is 0.119 e. The van der Waals surface area contributed by atoms with Crippen LogP contribution < -0.4 is 4.74 Å². The molecule has 0 saturated heterocycles. The van der Waals surface area contributed by atoms with Gasteiger partial charge in [0.2, 0.25) is 0 Å². The molecule has 2 heteroatoms. The first-order valence-corrected chi connectivity index (χ1v) is 6.37. The predicted octanol–water partition coefficient (Wildman–Crippen LogP) is 4.37. The molecule has 1 aromatic rings. The highest BCUT2D eigenvalue weighted by atomic mass is 16.5. The first-order chi connectivity index (χ1) is 8.77. The van der Waals surface area contributed by atoms with Crippen LogP contribution in [-0.2, 0) is 0 Å². The third-order valence-electron chi connectivity index (χ3n) is 2.48. The van der Waals surface area contributed by atoms with Crippen LogP contribution >= 0.6 is 0 Å². The Morgan fingerprint density at radius 3 is 2.94 bits per heavy atom. The molecule has 0 saturated carbocycles. The van der Waals surface area contributed by atoms with Crippen LogP contribution in [0.1, 0.15) is 31.7 Å². The van der Waals surface area contributed by atoms with Crippen molar-refractivity contribution in [1.29, 1.82) is 5.41 Å². The lowest BCUT2D eigenvalue weighted by atomic mass is 10.1. The van der Waals surface area contributed by atoms with Crippen LogP contribution in [0.5, 0.6) is 5.75 Å². The minimum Gasteiger partial charge on any atom is -0.493 e. The van der Waals surface area contributed by atoms with Crippen molar-refractivity contribution in [2.24, 2.45) is 0 Å². The van der Waals surface area contributed by atoms with E-state index in [0.29, 0.717) is 12.3 Å². The van der Waals surface area contributed by atoms with Gasteiger partial charge in [-0.15, -0.1) is 6.58 Å². The number of allylic oxidation sites excluding steroid dienone is 2. The summed E-state index contributed by atoms with van der Waals surface area (Å²) in [6, 6.07) is 7.66. The average molecular weight is 243 g/mol. The van der Waals surface area contributed by atoms with Gasteiger partial charge in [-0.05, 0) is 31.1 Å². The molecule has 0 fully saturated rings. The van der Waals surface area contributed by atoms with Gasteiger partial charge in [0.1, 0.15) is 5.75 Å². The zero-order valence-electron chi connectivity index (χ0n) is 11.0. The molecule has 0 atom stereocenters. The Morgan fingerprint density at radius 1 is 1.39 bits per heavy atom. The van der Waals surface area contributed by atoms with Gasteiger partial charge in [0, 0.05) is 5.56 Å². The number of hydrogen-bond acceptors (Lipinski definition) is 2. The Hall–Kier alpha value is -1.83. The van der Waals surface area contributed by atoms with E-state index < -0.39 is 0 Å². The van der Waals surface area contributed by atoms with Gasteiger partial charge in [-0.25, -0.2) is 0 Å². The van der Waals surface area contributed by atoms with Crippen LogP contribution in [0.3, 0.4) is 0 Å². The number of ether oxygens (including phenoxy) is 1. The molecule has 18 heavy (non-hydrogen) atoms. The molecule has 1 rings (SSSR count). The fourth-order valence-corrected chi connectivity index (χ4v) is 1.48. The van der Waals surface area contributed by atoms with E-state index in [-0.39, 0.29) is 0 Å². The Bertz CT molecular complexity index is 421. The second kappa shape index (κ2) is 8.29. The Labute approximate surface area is 110 Å². The summed E-state index contributed by atoms with van der Waals surface area (Å²) in [4.78, 5) is 0. The average Bonchev–Trinajstić information content (AvgIpc) is 2.39. The molecule has 0 unspecified atom stereocenters. The minimum atomic E-state index is 0.526. The van der Waals surface area contributed by atoms with Gasteiger partial charge in [0.15, 0.2) is 0 Å². The zero-order chi connectivity index (χ0) is 13.2. The maximum absolute atomic E-state index is 7.96. The molecule has 0 heterocycles. The second-order valence-corrected chi connectivity index (χ2v) is 4.06. The van der Waals surface area contributed by atoms with E-state index in [2.05, 4.69) is 13.5 Å². The lowest BCUT2D eigenvalue weighted by Gasteiger charge is -2.06. The Balaban J connectivity index is 2.63. The molecular formula is C16H21NO. The van der Waals surface area contributed by atoms with E-state index in [9.17, 15) is 0 Å². The second-order valence-electron chi connectivity index (χ2n) is 4.06. The van der Waals surface area contributed by atoms with Gasteiger partial charge in [-0.3, -0.25) is 0 Å². The largest absolute Gasteiger partial charge is 0.493 e. The molecule has 0 radical (unpaired) electrons. The maximum atomic E-state index is 7.96. The van der Waals surface area contributed by atoms with Crippen LogP contribution in [0.2, 0.25) is 0 Å². The van der Waals surface area contributed by atoms with E-state index in [4.69, 9.17) is 10.1 Å². The van der Waals surface area contributed by atoms with Crippen LogP contribution in [0.4, 0.5) is 0 Å². The standard InChI is InChI=1S/C16H21NO/c1-3-5-7-11-16(17)14-9-8-10-15(13-14)18-12-6-4-2/h4,7-11,13,17H,2-3,5-6,12H2,1H3/b11-7-,17-16?. The van der Waals surface area contributed by atoms with Crippen LogP contribution in [0.15, 0.2) is 49.1 Å². The molecule has 96 valence electrons. The van der Waals surface area contributed by atoms with Crippen molar-refractivity contribution in [3.05, 3.63) is 54.6 Å². The first kappa shape index (κ1) is 14.2. The summed E-state index contributed by atoms with van der Waals surface area (Å²) < 4.78 is 5.57. The van der Waals surface area contributed by atoms with E-state index in [1.807, 2.05) is 42.5 Å². The Morgan fingerprint density at radius 2 is 2.22 bits per heavy atom. The third kappa shape index (κ3) is 5.00. The predicted molar refractivity (Wildman–Crippen MR) is 77.6 cm³/mol. The number of benzene rings is 1. The quantitative estimate of drug-likeness (QED) is 0.410. The molecule has 0 aromatic heterocycles. The smallest absolute Gasteiger partial charge is 0.119 e. The van der Waals surface area contributed by atoms with E-state index in [1.165, 1.54) is 0 Å². The van der Waals surface area contributed by atoms with Crippen molar-refractivity contribution in [2.45, 2.75) is 26.2 Å². The van der Waals surface area contributed by atoms with E-state index in [1.54, 1.807) is 0 Å². The van der Waals surface area contributed by atoms with Gasteiger partial charge in [0.05, 0.1) is 12.3 Å². The lowest BCUT2D eigenvalue weighted by Crippen LogP contribution is -1.98. The van der Waals surface area contributed by atoms with Gasteiger partial charge in [-0.1, -0.05) is 37.6 Å². The lowest BCUT2D eigenvalue weighted by molar-refractivity contribution is 0.325. The molecule has 0 amide bonds. The van der Waals surface area contributed by atoms with Gasteiger partial charge < -0.3 is 10.1 Å². The molecule has 0 aliphatic rings. The van der Waals surface area contributed by atoms with Crippen molar-refractivity contribution < 1.29 is 4.74 Å². The summed E-state index contributed by atoms with van der Waals surface area (Å²) in [7, 11) is 0. The number of hydrogen-bond donors (Lipinski definition) is 1. The van der Waals surface area contributed by atoms with Crippen molar-refractivity contribution in [1.82, 2.24) is 0 Å². The number of nitrogens with one attached hydrogen (secondary N) is 1. The molecule has 0 aliphatic carbocycles. The van der Waals surface area contributed by atoms with Crippen LogP contribution in [0.25, 0.3) is 0 Å². The van der Waals surface area contributed by atoms with Crippen LogP contribution in [0, 0.1) is 5.41 Å². The summed E-state index contributed by atoms with van der Waals surface area (Å²) in [5, 5.41) is 7.96. The van der Waals surface area contributed by atoms with Crippen LogP contribution in [-0.4, -0.2) is 12.3 Å². The summed E-state index contributed by atoms with van der Waals surface area (Å²) in [6.45, 7) is 6.41. The molecule has 0 bridgehead atoms. The minimum absolute atomic E-state index is 0.526. The molecule has 0 aliphatic heterocycles. The molecular weight excluding hydrogens is 222 g/mol. The normalized spacial score (nSPS) is 10.5.